The summed E-state index contributed by atoms with van der Waals surface area (Å²) in [5.74, 6) is -1.34. The summed E-state index contributed by atoms with van der Waals surface area (Å²) in [6, 6.07) is 15.5. The molecule has 1 N–H and O–H groups in total. The first kappa shape index (κ1) is 19.1. The number of nitriles is 1. The Hall–Kier alpha value is -3.69. The smallest absolute Gasteiger partial charge is 0.357 e. The maximum Gasteiger partial charge on any atom is 0.357 e. The van der Waals surface area contributed by atoms with Gasteiger partial charge in [-0.15, -0.1) is 0 Å². The summed E-state index contributed by atoms with van der Waals surface area (Å²) < 4.78 is 0.939. The lowest BCUT2D eigenvalue weighted by Crippen LogP contribution is -2.28. The van der Waals surface area contributed by atoms with Gasteiger partial charge in [-0.25, -0.2) is 4.79 Å². The van der Waals surface area contributed by atoms with E-state index < -0.39 is 11.5 Å². The minimum atomic E-state index is -1.34. The van der Waals surface area contributed by atoms with Gasteiger partial charge in [0.2, 0.25) is 0 Å². The van der Waals surface area contributed by atoms with Crippen LogP contribution in [0.4, 0.5) is 0 Å². The molecule has 0 aliphatic rings. The van der Waals surface area contributed by atoms with Crippen LogP contribution in [0.15, 0.2) is 53.3 Å². The minimum Gasteiger partial charge on any atom is -0.476 e. The van der Waals surface area contributed by atoms with Gasteiger partial charge in [0.15, 0.2) is 5.69 Å². The van der Waals surface area contributed by atoms with Gasteiger partial charge in [0.05, 0.1) is 5.69 Å². The molecular weight excluding hydrogens is 378 g/mol. The number of carbonyl (C=O) groups is 1. The first-order chi connectivity index (χ1) is 13.4. The van der Waals surface area contributed by atoms with Crippen LogP contribution < -0.4 is 5.56 Å². The number of hydrogen-bond donors (Lipinski definition) is 1. The van der Waals surface area contributed by atoms with Crippen molar-refractivity contribution < 1.29 is 9.90 Å². The highest BCUT2D eigenvalue weighted by Crippen LogP contribution is 2.17. The molecule has 0 aliphatic heterocycles. The van der Waals surface area contributed by atoms with Gasteiger partial charge in [0, 0.05) is 10.6 Å². The molecule has 3 rings (SSSR count). The molecule has 0 bridgehead atoms. The second-order valence-corrected chi connectivity index (χ2v) is 6.43. The van der Waals surface area contributed by atoms with Crippen molar-refractivity contribution in [2.24, 2.45) is 0 Å². The SMILES string of the molecule is Cc1cccc(-n2nc(C(=O)O)c(/C=C\c3ccc(Cl)cc3)c(C#N)c2=O)c1. The van der Waals surface area contributed by atoms with E-state index in [1.54, 1.807) is 48.5 Å². The van der Waals surface area contributed by atoms with Gasteiger partial charge in [-0.05, 0) is 42.3 Å². The Morgan fingerprint density at radius 3 is 2.54 bits per heavy atom. The van der Waals surface area contributed by atoms with Crippen LogP contribution in [-0.4, -0.2) is 20.9 Å². The van der Waals surface area contributed by atoms with Crippen LogP contribution in [0.25, 0.3) is 17.8 Å². The van der Waals surface area contributed by atoms with Crippen LogP contribution in [0.5, 0.6) is 0 Å². The standard InChI is InChI=1S/C21H14ClN3O3/c1-13-3-2-4-16(11-13)25-20(26)18(12-23)17(19(24-25)21(27)28)10-7-14-5-8-15(22)9-6-14/h2-11H,1H3,(H,27,28)/b10-7-. The highest BCUT2D eigenvalue weighted by molar-refractivity contribution is 6.30. The van der Waals surface area contributed by atoms with Crippen LogP contribution in [0.2, 0.25) is 5.02 Å². The van der Waals surface area contributed by atoms with E-state index in [0.717, 1.165) is 15.8 Å². The molecule has 1 aromatic heterocycles. The maximum atomic E-state index is 12.8. The fourth-order valence-electron chi connectivity index (χ4n) is 2.66. The Bertz CT molecular complexity index is 1190. The van der Waals surface area contributed by atoms with Crippen LogP contribution in [0, 0.1) is 18.3 Å². The van der Waals surface area contributed by atoms with Crippen molar-refractivity contribution >= 4 is 29.7 Å². The van der Waals surface area contributed by atoms with E-state index in [0.29, 0.717) is 10.7 Å². The van der Waals surface area contributed by atoms with Gasteiger partial charge >= 0.3 is 5.97 Å². The molecule has 7 heteroatoms. The van der Waals surface area contributed by atoms with Crippen molar-refractivity contribution in [1.82, 2.24) is 9.78 Å². The van der Waals surface area contributed by atoms with Crippen LogP contribution in [-0.2, 0) is 0 Å². The molecule has 0 aliphatic carbocycles. The molecule has 0 fully saturated rings. The molecule has 6 nitrogen and oxygen atoms in total. The first-order valence-electron chi connectivity index (χ1n) is 8.22. The summed E-state index contributed by atoms with van der Waals surface area (Å²) in [6.45, 7) is 1.83. The molecular formula is C21H14ClN3O3. The summed E-state index contributed by atoms with van der Waals surface area (Å²) >= 11 is 5.85. The minimum absolute atomic E-state index is 0.0427. The van der Waals surface area contributed by atoms with E-state index >= 15 is 0 Å². The first-order valence-corrected chi connectivity index (χ1v) is 8.60. The van der Waals surface area contributed by atoms with Crippen molar-refractivity contribution in [2.75, 3.05) is 0 Å². The molecule has 0 saturated carbocycles. The van der Waals surface area contributed by atoms with Crippen molar-refractivity contribution in [3.8, 4) is 11.8 Å². The van der Waals surface area contributed by atoms with Gasteiger partial charge in [-0.2, -0.15) is 15.0 Å². The third-order valence-corrected chi connectivity index (χ3v) is 4.26. The van der Waals surface area contributed by atoms with Crippen molar-refractivity contribution in [1.29, 1.82) is 5.26 Å². The number of aromatic carboxylic acids is 1. The second-order valence-electron chi connectivity index (χ2n) is 6.00. The molecule has 138 valence electrons. The van der Waals surface area contributed by atoms with Gasteiger partial charge in [-0.3, -0.25) is 4.79 Å². The number of carboxylic acids is 1. The summed E-state index contributed by atoms with van der Waals surface area (Å²) in [6.07, 6.45) is 3.00. The van der Waals surface area contributed by atoms with Crippen LogP contribution in [0.3, 0.4) is 0 Å². The average Bonchev–Trinajstić information content (AvgIpc) is 2.67. The third kappa shape index (κ3) is 3.85. The molecule has 0 amide bonds. The zero-order chi connectivity index (χ0) is 20.3. The van der Waals surface area contributed by atoms with Gasteiger partial charge in [-0.1, -0.05) is 48.0 Å². The number of aryl methyl sites for hydroxylation is 1. The van der Waals surface area contributed by atoms with Gasteiger partial charge in [0.1, 0.15) is 11.6 Å². The molecule has 0 unspecified atom stereocenters. The molecule has 0 spiro atoms. The third-order valence-electron chi connectivity index (χ3n) is 4.00. The average molecular weight is 392 g/mol. The molecule has 0 saturated heterocycles. The summed E-state index contributed by atoms with van der Waals surface area (Å²) in [5, 5.41) is 23.7. The fourth-order valence-corrected chi connectivity index (χ4v) is 2.78. The highest BCUT2D eigenvalue weighted by atomic mass is 35.5. The van der Waals surface area contributed by atoms with E-state index in [4.69, 9.17) is 11.6 Å². The lowest BCUT2D eigenvalue weighted by molar-refractivity contribution is 0.0688. The lowest BCUT2D eigenvalue weighted by atomic mass is 10.1. The van der Waals surface area contributed by atoms with E-state index in [2.05, 4.69) is 5.10 Å². The topological polar surface area (TPSA) is 96.0 Å². The number of hydrogen-bond acceptors (Lipinski definition) is 4. The maximum absolute atomic E-state index is 12.8. The van der Waals surface area contributed by atoms with Gasteiger partial charge in [0.25, 0.3) is 5.56 Å². The molecule has 28 heavy (non-hydrogen) atoms. The van der Waals surface area contributed by atoms with Crippen molar-refractivity contribution in [2.45, 2.75) is 6.92 Å². The second kappa shape index (κ2) is 7.91. The van der Waals surface area contributed by atoms with E-state index in [-0.39, 0.29) is 16.8 Å². The quantitative estimate of drug-likeness (QED) is 0.726. The van der Waals surface area contributed by atoms with Crippen LogP contribution in [0.1, 0.15) is 32.7 Å². The summed E-state index contributed by atoms with van der Waals surface area (Å²) in [7, 11) is 0. The monoisotopic (exact) mass is 391 g/mol. The Balaban J connectivity index is 2.21. The summed E-state index contributed by atoms with van der Waals surface area (Å²) in [4.78, 5) is 24.6. The molecule has 2 aromatic carbocycles. The fraction of sp³-hybridized carbons (Fsp3) is 0.0476. The van der Waals surface area contributed by atoms with Crippen molar-refractivity contribution in [3.63, 3.8) is 0 Å². The van der Waals surface area contributed by atoms with Crippen molar-refractivity contribution in [3.05, 3.63) is 91.9 Å². The Morgan fingerprint density at radius 2 is 1.93 bits per heavy atom. The molecule has 3 aromatic rings. The number of aromatic nitrogens is 2. The van der Waals surface area contributed by atoms with E-state index in [1.807, 2.05) is 19.1 Å². The normalized spacial score (nSPS) is 10.8. The van der Waals surface area contributed by atoms with E-state index in [1.165, 1.54) is 6.08 Å². The number of benzene rings is 2. The highest BCUT2D eigenvalue weighted by Gasteiger charge is 2.21. The number of carboxylic acid groups (broad SMARTS) is 1. The summed E-state index contributed by atoms with van der Waals surface area (Å²) in [5.41, 5.74) is 0.577. The Labute approximate surface area is 165 Å². The largest absolute Gasteiger partial charge is 0.476 e. The van der Waals surface area contributed by atoms with Gasteiger partial charge < -0.3 is 5.11 Å². The molecule has 0 radical (unpaired) electrons. The Kier molecular flexibility index (Phi) is 5.39. The number of nitrogens with zero attached hydrogens (tertiary/aromatic N) is 3. The zero-order valence-corrected chi connectivity index (χ0v) is 15.5. The molecule has 0 atom stereocenters. The predicted octanol–water partition coefficient (Wildman–Crippen LogP) is 3.93. The number of halogens is 1. The number of rotatable bonds is 4. The molecule has 1 heterocycles. The Morgan fingerprint density at radius 1 is 1.21 bits per heavy atom. The predicted molar refractivity (Wildman–Crippen MR) is 107 cm³/mol. The van der Waals surface area contributed by atoms with Crippen LogP contribution >= 0.6 is 11.6 Å². The lowest BCUT2D eigenvalue weighted by Gasteiger charge is -2.10. The van der Waals surface area contributed by atoms with E-state index in [9.17, 15) is 20.0 Å². The zero-order valence-electron chi connectivity index (χ0n) is 14.8.